The highest BCUT2D eigenvalue weighted by atomic mass is 35.5. The number of alkyl halides is 1. The van der Waals surface area contributed by atoms with Gasteiger partial charge in [-0.3, -0.25) is 39.2 Å². The first-order valence-corrected chi connectivity index (χ1v) is 25.8. The number of carbonyl (C=O) groups excluding carboxylic acids is 2. The summed E-state index contributed by atoms with van der Waals surface area (Å²) in [5.74, 6) is 0.342. The molecule has 10 nitrogen and oxygen atoms in total. The molecule has 70 heavy (non-hydrogen) atoms. The number of ketones is 1. The molecule has 0 spiro atoms. The number of halogens is 4. The average molecular weight is 1020 g/mol. The number of aryl methyl sites for hydroxylation is 6. The van der Waals surface area contributed by atoms with Gasteiger partial charge >= 0.3 is 0 Å². The Bertz CT molecular complexity index is 2860. The van der Waals surface area contributed by atoms with Crippen molar-refractivity contribution < 1.29 is 9.59 Å². The summed E-state index contributed by atoms with van der Waals surface area (Å²) in [4.78, 5) is 47.3. The Kier molecular flexibility index (Phi) is 16.0. The molecule has 0 saturated carbocycles. The van der Waals surface area contributed by atoms with E-state index in [-0.39, 0.29) is 41.2 Å². The molecule has 11 rings (SSSR count). The molecule has 3 aromatic carbocycles. The normalized spacial score (nSPS) is 21.9. The van der Waals surface area contributed by atoms with E-state index >= 15 is 0 Å². The number of carbonyl (C=O) groups is 2. The fourth-order valence-corrected chi connectivity index (χ4v) is 11.9. The summed E-state index contributed by atoms with van der Waals surface area (Å²) in [7, 11) is 5.65. The lowest BCUT2D eigenvalue weighted by Crippen LogP contribution is -2.57. The number of fused-ring (bicyclic) bond motifs is 6. The molecule has 2 saturated heterocycles. The predicted octanol–water partition coefficient (Wildman–Crippen LogP) is 9.57. The highest BCUT2D eigenvalue weighted by Gasteiger charge is 2.37. The van der Waals surface area contributed by atoms with Crippen molar-refractivity contribution in [2.45, 2.75) is 75.0 Å². The first-order valence-electron chi connectivity index (χ1n) is 24.3. The molecule has 14 heteroatoms. The molecule has 6 aromatic rings. The van der Waals surface area contributed by atoms with E-state index in [9.17, 15) is 9.59 Å². The van der Waals surface area contributed by atoms with Crippen LogP contribution in [0.25, 0.3) is 0 Å². The van der Waals surface area contributed by atoms with Gasteiger partial charge in [0.15, 0.2) is 0 Å². The van der Waals surface area contributed by atoms with E-state index in [1.807, 2.05) is 82.1 Å². The zero-order valence-electron chi connectivity index (χ0n) is 40.2. The van der Waals surface area contributed by atoms with Crippen molar-refractivity contribution in [3.05, 3.63) is 192 Å². The van der Waals surface area contributed by atoms with Gasteiger partial charge in [0.1, 0.15) is 11.2 Å². The third kappa shape index (κ3) is 11.0. The van der Waals surface area contributed by atoms with E-state index in [4.69, 9.17) is 56.4 Å². The number of likely N-dealkylation sites (N-methyl/N-ethyl adjacent to an activating group) is 2. The van der Waals surface area contributed by atoms with Crippen LogP contribution in [0.4, 0.5) is 0 Å². The fraction of sp³-hybridized carbons (Fsp3) is 0.375. The van der Waals surface area contributed by atoms with E-state index < -0.39 is 0 Å². The third-order valence-corrected chi connectivity index (χ3v) is 15.7. The van der Waals surface area contributed by atoms with E-state index in [0.29, 0.717) is 6.54 Å². The van der Waals surface area contributed by atoms with E-state index in [1.165, 1.54) is 44.5 Å². The lowest BCUT2D eigenvalue weighted by atomic mass is 9.95. The van der Waals surface area contributed by atoms with Crippen LogP contribution in [0.1, 0.15) is 91.5 Å². The number of benzene rings is 3. The van der Waals surface area contributed by atoms with Crippen LogP contribution in [0.15, 0.2) is 110 Å². The molecule has 3 aliphatic carbocycles. The minimum atomic E-state index is -0.195. The summed E-state index contributed by atoms with van der Waals surface area (Å²) in [6.45, 7) is 6.55. The van der Waals surface area contributed by atoms with Crippen LogP contribution >= 0.6 is 46.4 Å². The molecular formula is C56H60Cl4N8O2. The zero-order valence-corrected chi connectivity index (χ0v) is 43.2. The van der Waals surface area contributed by atoms with Crippen molar-refractivity contribution in [1.29, 1.82) is 0 Å². The molecule has 5 aliphatic rings. The quantitative estimate of drug-likeness (QED) is 0.173. The highest BCUT2D eigenvalue weighted by molar-refractivity contribution is 6.31. The van der Waals surface area contributed by atoms with Gasteiger partial charge in [0, 0.05) is 87.0 Å². The fourth-order valence-electron chi connectivity index (χ4n) is 10.9. The minimum absolute atomic E-state index is 0.0514. The number of aromatic nitrogens is 3. The SMILES string of the molecule is CC(=O)C1CN(C2c3ccc(Cl)cc3CCc3cccnc32)CCN1C.CN(C)C(=O)C1CN(C2c3ccc(Cl)cc3CCc3cccnc32)CCN1.Clc1ccc2c(c1)CCc1cccnc1C2Cl. The topological polar surface area (TPSA) is 97.8 Å². The number of piperazine rings is 2. The average Bonchev–Trinajstić information content (AvgIpc) is 3.70. The maximum atomic E-state index is 12.5. The number of rotatable bonds is 4. The summed E-state index contributed by atoms with van der Waals surface area (Å²) in [6.07, 6.45) is 11.3. The van der Waals surface area contributed by atoms with Gasteiger partial charge in [-0.15, -0.1) is 11.6 Å². The van der Waals surface area contributed by atoms with Gasteiger partial charge in [-0.2, -0.15) is 0 Å². The molecule has 5 heterocycles. The molecule has 2 fully saturated rings. The summed E-state index contributed by atoms with van der Waals surface area (Å²) in [6, 6.07) is 30.6. The number of amides is 1. The monoisotopic (exact) mass is 1020 g/mol. The summed E-state index contributed by atoms with van der Waals surface area (Å²) < 4.78 is 0. The standard InChI is InChI=1S/C21H25ClN4O.C21H24ClN3O.C14H11Cl2N/c1-25(2)21(27)18-13-26(11-10-23-18)20-17-8-7-16(22)12-15(17)6-5-14-4-3-9-24-19(14)20;1-14(26)19-13-25(11-10-24(19)2)21-18-8-7-17(22)12-16(18)6-5-15-4-3-9-23-20(15)21;15-11-5-6-12-10(8-11)4-3-9-2-1-7-17-14(9)13(12)16/h3-4,7-9,12,18,20,23H,5-6,10-11,13H2,1-2H3;3-4,7-9,12,19,21H,5-6,10-11,13H2,1-2H3;1-2,5-8,13H,3-4H2. The van der Waals surface area contributed by atoms with Crippen molar-refractivity contribution in [2.75, 3.05) is 60.4 Å². The third-order valence-electron chi connectivity index (χ3n) is 14.5. The van der Waals surface area contributed by atoms with Gasteiger partial charge in [-0.25, -0.2) is 0 Å². The number of nitrogens with zero attached hydrogens (tertiary/aromatic N) is 7. The van der Waals surface area contributed by atoms with Crippen LogP contribution < -0.4 is 5.32 Å². The van der Waals surface area contributed by atoms with Crippen LogP contribution in [0, 0.1) is 0 Å². The maximum absolute atomic E-state index is 12.5. The molecular weight excluding hydrogens is 958 g/mol. The van der Waals surface area contributed by atoms with Gasteiger partial charge in [-0.1, -0.05) is 71.2 Å². The minimum Gasteiger partial charge on any atom is -0.347 e. The lowest BCUT2D eigenvalue weighted by Gasteiger charge is -2.42. The van der Waals surface area contributed by atoms with Crippen molar-refractivity contribution in [3.8, 4) is 0 Å². The molecule has 364 valence electrons. The van der Waals surface area contributed by atoms with Crippen LogP contribution in [0.3, 0.4) is 0 Å². The number of hydrogen-bond acceptors (Lipinski definition) is 9. The lowest BCUT2D eigenvalue weighted by molar-refractivity contribution is -0.132. The largest absolute Gasteiger partial charge is 0.347 e. The van der Waals surface area contributed by atoms with Crippen molar-refractivity contribution in [3.63, 3.8) is 0 Å². The van der Waals surface area contributed by atoms with E-state index in [2.05, 4.69) is 67.5 Å². The molecule has 1 amide bonds. The van der Waals surface area contributed by atoms with Crippen LogP contribution in [-0.2, 0) is 48.1 Å². The van der Waals surface area contributed by atoms with Crippen molar-refractivity contribution in [2.24, 2.45) is 0 Å². The highest BCUT2D eigenvalue weighted by Crippen LogP contribution is 2.40. The van der Waals surface area contributed by atoms with Gasteiger partial charge in [0.2, 0.25) is 5.91 Å². The molecule has 0 bridgehead atoms. The van der Waals surface area contributed by atoms with Crippen LogP contribution in [-0.4, -0.2) is 119 Å². The van der Waals surface area contributed by atoms with Gasteiger partial charge in [0.25, 0.3) is 0 Å². The second kappa shape index (κ2) is 22.3. The van der Waals surface area contributed by atoms with E-state index in [0.717, 1.165) is 109 Å². The second-order valence-electron chi connectivity index (χ2n) is 19.2. The van der Waals surface area contributed by atoms with Gasteiger partial charge < -0.3 is 10.2 Å². The second-order valence-corrected chi connectivity index (χ2v) is 20.9. The molecule has 5 unspecified atom stereocenters. The Morgan fingerprint density at radius 2 is 1.03 bits per heavy atom. The summed E-state index contributed by atoms with van der Waals surface area (Å²) in [5, 5.41) is 5.52. The molecule has 1 N–H and O–H groups in total. The number of Topliss-reactive ketones (excluding diaryl/α,β-unsaturated/α-hetero) is 1. The molecule has 3 aromatic heterocycles. The Labute approximate surface area is 432 Å². The van der Waals surface area contributed by atoms with Gasteiger partial charge in [-0.05, 0) is 157 Å². The number of pyridine rings is 3. The van der Waals surface area contributed by atoms with E-state index in [1.54, 1.807) is 18.0 Å². The molecule has 2 aliphatic heterocycles. The molecule has 0 radical (unpaired) electrons. The Hall–Kier alpha value is -4.75. The van der Waals surface area contributed by atoms with Gasteiger partial charge in [0.05, 0.1) is 41.2 Å². The number of nitrogens with one attached hydrogen (secondary N) is 1. The van der Waals surface area contributed by atoms with Crippen LogP contribution in [0.2, 0.25) is 15.1 Å². The Morgan fingerprint density at radius 1 is 0.586 bits per heavy atom. The Balaban J connectivity index is 0.000000134. The molecule has 5 atom stereocenters. The predicted molar refractivity (Wildman–Crippen MR) is 281 cm³/mol. The van der Waals surface area contributed by atoms with Crippen molar-refractivity contribution in [1.82, 2.24) is 39.9 Å². The maximum Gasteiger partial charge on any atom is 0.240 e. The number of hydrogen-bond donors (Lipinski definition) is 1. The first-order chi connectivity index (χ1) is 33.8. The van der Waals surface area contributed by atoms with Crippen molar-refractivity contribution >= 4 is 58.1 Å². The summed E-state index contributed by atoms with van der Waals surface area (Å²) >= 11 is 25.1. The first kappa shape index (κ1) is 50.2. The summed E-state index contributed by atoms with van der Waals surface area (Å²) in [5.41, 5.74) is 14.5. The smallest absolute Gasteiger partial charge is 0.240 e. The zero-order chi connectivity index (χ0) is 49.1. The Morgan fingerprint density at radius 3 is 1.53 bits per heavy atom. The van der Waals surface area contributed by atoms with Crippen LogP contribution in [0.5, 0.6) is 0 Å².